The maximum absolute atomic E-state index is 13.4. The third-order valence-electron chi connectivity index (χ3n) is 5.72. The maximum atomic E-state index is 13.4. The lowest BCUT2D eigenvalue weighted by Gasteiger charge is -2.17. The van der Waals surface area contributed by atoms with Gasteiger partial charge in [-0.2, -0.15) is 4.68 Å². The van der Waals surface area contributed by atoms with Gasteiger partial charge in [-0.3, -0.25) is 4.79 Å². The number of benzene rings is 1. The maximum Gasteiger partial charge on any atom is 0.255 e. The molecular weight excluding hydrogens is 390 g/mol. The Bertz CT molecular complexity index is 1080. The monoisotopic (exact) mass is 411 g/mol. The Morgan fingerprint density at radius 1 is 1.21 bits per heavy atom. The van der Waals surface area contributed by atoms with Gasteiger partial charge >= 0.3 is 0 Å². The van der Waals surface area contributed by atoms with Crippen molar-refractivity contribution in [1.82, 2.24) is 25.5 Å². The average molecular weight is 411 g/mol. The molecule has 0 saturated carbocycles. The molecule has 2 heterocycles. The van der Waals surface area contributed by atoms with E-state index in [4.69, 9.17) is 9.47 Å². The van der Waals surface area contributed by atoms with Crippen LogP contribution in [0, 0.1) is 0 Å². The number of aromatic nitrogens is 4. The Labute approximate surface area is 171 Å². The molecule has 1 N–H and O–H groups in total. The van der Waals surface area contributed by atoms with Gasteiger partial charge in [-0.05, 0) is 71.4 Å². The van der Waals surface area contributed by atoms with E-state index < -0.39 is 0 Å². The van der Waals surface area contributed by atoms with E-state index in [1.165, 1.54) is 10.4 Å². The number of fused-ring (bicyclic) bond motifs is 2. The first-order valence-corrected chi connectivity index (χ1v) is 10.4. The summed E-state index contributed by atoms with van der Waals surface area (Å²) in [5, 5.41) is 15.5. The standard InChI is InChI=1S/C20H21N5O3S/c1-27-15-8-11-6-7-14(13(11)9-16(15)28-2)22-19(26)18-12-4-3-5-17(12)29-20(18)25-10-21-23-24-25/h8-10,14H,3-7H2,1-2H3,(H,22,26)/t14-/m0/s1. The second kappa shape index (κ2) is 7.14. The minimum Gasteiger partial charge on any atom is -0.493 e. The lowest BCUT2D eigenvalue weighted by atomic mass is 10.1. The van der Waals surface area contributed by atoms with E-state index in [0.717, 1.165) is 54.0 Å². The number of aryl methyl sites for hydroxylation is 2. The van der Waals surface area contributed by atoms with E-state index in [1.54, 1.807) is 36.6 Å². The number of carbonyl (C=O) groups is 1. The highest BCUT2D eigenvalue weighted by Crippen LogP contribution is 2.41. The number of methoxy groups -OCH3 is 2. The Morgan fingerprint density at radius 2 is 2.03 bits per heavy atom. The van der Waals surface area contributed by atoms with Crippen LogP contribution in [0.1, 0.15) is 50.8 Å². The third kappa shape index (κ3) is 2.96. The Kier molecular flexibility index (Phi) is 4.46. The van der Waals surface area contributed by atoms with Gasteiger partial charge in [-0.25, -0.2) is 0 Å². The Hall–Kier alpha value is -2.94. The second-order valence-electron chi connectivity index (χ2n) is 7.26. The third-order valence-corrected chi connectivity index (χ3v) is 7.00. The lowest BCUT2D eigenvalue weighted by Crippen LogP contribution is -2.28. The highest BCUT2D eigenvalue weighted by atomic mass is 32.1. The molecule has 8 nitrogen and oxygen atoms in total. The van der Waals surface area contributed by atoms with Gasteiger partial charge in [0.05, 0.1) is 25.8 Å². The number of tetrazole rings is 1. The summed E-state index contributed by atoms with van der Waals surface area (Å²) >= 11 is 1.61. The summed E-state index contributed by atoms with van der Waals surface area (Å²) < 4.78 is 12.5. The first-order chi connectivity index (χ1) is 14.2. The molecule has 0 unspecified atom stereocenters. The number of carbonyl (C=O) groups excluding carboxylic acids is 1. The van der Waals surface area contributed by atoms with E-state index in [-0.39, 0.29) is 11.9 Å². The summed E-state index contributed by atoms with van der Waals surface area (Å²) in [5.41, 5.74) is 4.13. The van der Waals surface area contributed by atoms with Crippen molar-refractivity contribution in [3.63, 3.8) is 0 Å². The van der Waals surface area contributed by atoms with E-state index >= 15 is 0 Å². The molecule has 9 heteroatoms. The number of thiophene rings is 1. The number of nitrogens with one attached hydrogen (secondary N) is 1. The number of amides is 1. The van der Waals surface area contributed by atoms with Crippen LogP contribution >= 0.6 is 11.3 Å². The van der Waals surface area contributed by atoms with Crippen molar-refractivity contribution >= 4 is 17.2 Å². The molecule has 3 aromatic rings. The molecule has 0 fully saturated rings. The molecule has 1 atom stereocenters. The highest BCUT2D eigenvalue weighted by molar-refractivity contribution is 7.15. The van der Waals surface area contributed by atoms with E-state index in [2.05, 4.69) is 20.8 Å². The molecule has 0 aliphatic heterocycles. The summed E-state index contributed by atoms with van der Waals surface area (Å²) in [7, 11) is 3.26. The molecule has 0 radical (unpaired) electrons. The normalized spacial score (nSPS) is 17.1. The minimum absolute atomic E-state index is 0.0593. The van der Waals surface area contributed by atoms with Crippen molar-refractivity contribution in [2.45, 2.75) is 38.1 Å². The zero-order valence-corrected chi connectivity index (χ0v) is 17.1. The number of rotatable bonds is 5. The van der Waals surface area contributed by atoms with Crippen molar-refractivity contribution < 1.29 is 14.3 Å². The first-order valence-electron chi connectivity index (χ1n) is 9.63. The zero-order chi connectivity index (χ0) is 20.0. The second-order valence-corrected chi connectivity index (χ2v) is 8.35. The van der Waals surface area contributed by atoms with Crippen molar-refractivity contribution in [1.29, 1.82) is 0 Å². The molecule has 150 valence electrons. The summed E-state index contributed by atoms with van der Waals surface area (Å²) in [6, 6.07) is 3.93. The van der Waals surface area contributed by atoms with Gasteiger partial charge in [0.15, 0.2) is 11.5 Å². The number of nitrogens with zero attached hydrogens (tertiary/aromatic N) is 4. The molecule has 0 spiro atoms. The van der Waals surface area contributed by atoms with Crippen LogP contribution in [0.25, 0.3) is 5.00 Å². The van der Waals surface area contributed by atoms with Crippen molar-refractivity contribution in [2.75, 3.05) is 14.2 Å². The molecule has 2 aliphatic rings. The molecule has 1 amide bonds. The molecular formula is C20H21N5O3S. The highest BCUT2D eigenvalue weighted by Gasteiger charge is 2.31. The molecule has 2 aliphatic carbocycles. The van der Waals surface area contributed by atoms with Crippen molar-refractivity contribution in [2.24, 2.45) is 0 Å². The molecule has 5 rings (SSSR count). The zero-order valence-electron chi connectivity index (χ0n) is 16.3. The van der Waals surface area contributed by atoms with Crippen LogP contribution in [0.3, 0.4) is 0 Å². The molecule has 0 bridgehead atoms. The Morgan fingerprint density at radius 3 is 2.79 bits per heavy atom. The lowest BCUT2D eigenvalue weighted by molar-refractivity contribution is 0.0936. The van der Waals surface area contributed by atoms with Gasteiger partial charge in [-0.15, -0.1) is 16.4 Å². The first kappa shape index (κ1) is 18.1. The largest absolute Gasteiger partial charge is 0.493 e. The van der Waals surface area contributed by atoms with Gasteiger partial charge < -0.3 is 14.8 Å². The van der Waals surface area contributed by atoms with E-state index in [1.807, 2.05) is 12.1 Å². The SMILES string of the molecule is COc1cc2c(cc1OC)[C@@H](NC(=O)c1c(-n3cnnn3)sc3c1CCC3)CC2. The fraction of sp³-hybridized carbons (Fsp3) is 0.400. The summed E-state index contributed by atoms with van der Waals surface area (Å²) in [4.78, 5) is 14.6. The van der Waals surface area contributed by atoms with Gasteiger partial charge in [0.25, 0.3) is 5.91 Å². The smallest absolute Gasteiger partial charge is 0.255 e. The van der Waals surface area contributed by atoms with Crippen LogP contribution in [0.15, 0.2) is 18.5 Å². The molecule has 2 aromatic heterocycles. The van der Waals surface area contributed by atoms with Crippen LogP contribution in [0.5, 0.6) is 11.5 Å². The minimum atomic E-state index is -0.0671. The average Bonchev–Trinajstić information content (AvgIpc) is 3.50. The van der Waals surface area contributed by atoms with Crippen molar-refractivity contribution in [3.05, 3.63) is 45.6 Å². The van der Waals surface area contributed by atoms with Crippen LogP contribution in [-0.2, 0) is 19.3 Å². The quantitative estimate of drug-likeness (QED) is 0.694. The molecule has 0 saturated heterocycles. The summed E-state index contributed by atoms with van der Waals surface area (Å²) in [6.45, 7) is 0. The van der Waals surface area contributed by atoms with E-state index in [9.17, 15) is 4.79 Å². The predicted octanol–water partition coefficient (Wildman–Crippen LogP) is 2.65. The fourth-order valence-electron chi connectivity index (χ4n) is 4.35. The van der Waals surface area contributed by atoms with Crippen LogP contribution in [0.2, 0.25) is 0 Å². The number of ether oxygens (including phenoxy) is 2. The Balaban J connectivity index is 1.48. The predicted molar refractivity (Wildman–Crippen MR) is 107 cm³/mol. The van der Waals surface area contributed by atoms with Gasteiger partial charge in [0.2, 0.25) is 0 Å². The summed E-state index contributed by atoms with van der Waals surface area (Å²) in [6.07, 6.45) is 6.29. The van der Waals surface area contributed by atoms with Gasteiger partial charge in [-0.1, -0.05) is 0 Å². The summed E-state index contributed by atoms with van der Waals surface area (Å²) in [5.74, 6) is 1.33. The van der Waals surface area contributed by atoms with Gasteiger partial charge in [0, 0.05) is 4.88 Å². The number of hydrogen-bond donors (Lipinski definition) is 1. The van der Waals surface area contributed by atoms with E-state index in [0.29, 0.717) is 11.3 Å². The topological polar surface area (TPSA) is 91.2 Å². The molecule has 1 aromatic carbocycles. The number of hydrogen-bond acceptors (Lipinski definition) is 7. The van der Waals surface area contributed by atoms with Crippen LogP contribution < -0.4 is 14.8 Å². The fourth-order valence-corrected chi connectivity index (χ4v) is 5.66. The van der Waals surface area contributed by atoms with Crippen LogP contribution in [0.4, 0.5) is 0 Å². The van der Waals surface area contributed by atoms with Crippen LogP contribution in [-0.4, -0.2) is 40.3 Å². The van der Waals surface area contributed by atoms with Gasteiger partial charge in [0.1, 0.15) is 11.3 Å². The molecule has 29 heavy (non-hydrogen) atoms. The van der Waals surface area contributed by atoms with Crippen molar-refractivity contribution in [3.8, 4) is 16.5 Å².